The Morgan fingerprint density at radius 2 is 1.95 bits per heavy atom. The number of hydrogen-bond acceptors (Lipinski definition) is 5. The summed E-state index contributed by atoms with van der Waals surface area (Å²) in [6, 6.07) is 6.08. The van der Waals surface area contributed by atoms with E-state index in [9.17, 15) is 14.4 Å². The Kier molecular flexibility index (Phi) is 5.94. The number of methoxy groups -OCH3 is 1. The molecule has 0 saturated heterocycles. The van der Waals surface area contributed by atoms with Crippen molar-refractivity contribution in [3.05, 3.63) is 35.9 Å². The van der Waals surface area contributed by atoms with Crippen molar-refractivity contribution >= 4 is 24.0 Å². The Morgan fingerprint density at radius 3 is 2.57 bits per heavy atom. The summed E-state index contributed by atoms with van der Waals surface area (Å²) in [4.78, 5) is 33.4. The first-order chi connectivity index (χ1) is 9.93. The van der Waals surface area contributed by atoms with Gasteiger partial charge in [-0.2, -0.15) is 0 Å². The molecule has 0 aliphatic rings. The van der Waals surface area contributed by atoms with E-state index in [1.165, 1.54) is 20.1 Å². The lowest BCUT2D eigenvalue weighted by molar-refractivity contribution is -0.149. The number of carbonyl (C=O) groups excluding carboxylic acids is 3. The van der Waals surface area contributed by atoms with Crippen LogP contribution in [0.3, 0.4) is 0 Å². The summed E-state index contributed by atoms with van der Waals surface area (Å²) >= 11 is 0. The van der Waals surface area contributed by atoms with E-state index in [0.717, 1.165) is 6.08 Å². The van der Waals surface area contributed by atoms with Crippen LogP contribution in [0.4, 0.5) is 4.79 Å². The number of nitrogens with one attached hydrogen (secondary N) is 1. The molecule has 0 bridgehead atoms. The van der Waals surface area contributed by atoms with Crippen molar-refractivity contribution in [2.45, 2.75) is 13.0 Å². The second-order valence-electron chi connectivity index (χ2n) is 4.01. The van der Waals surface area contributed by atoms with Gasteiger partial charge in [0.25, 0.3) is 5.91 Å². The number of ether oxygens (including phenoxy) is 2. The molecule has 112 valence electrons. The average Bonchev–Trinajstić information content (AvgIpc) is 2.44. The molecule has 21 heavy (non-hydrogen) atoms. The van der Waals surface area contributed by atoms with E-state index < -0.39 is 24.0 Å². The fraction of sp³-hybridized carbons (Fsp3) is 0.214. The minimum Gasteiger partial charge on any atom is -0.496 e. The van der Waals surface area contributed by atoms with Crippen LogP contribution in [0.2, 0.25) is 0 Å². The lowest BCUT2D eigenvalue weighted by atomic mass is 10.2. The molecule has 3 N–H and O–H groups in total. The monoisotopic (exact) mass is 292 g/mol. The number of imide groups is 1. The van der Waals surface area contributed by atoms with Crippen LogP contribution in [-0.4, -0.2) is 31.1 Å². The average molecular weight is 292 g/mol. The maximum Gasteiger partial charge on any atom is 0.331 e. The Bertz CT molecular complexity index is 568. The van der Waals surface area contributed by atoms with Gasteiger partial charge in [0.1, 0.15) is 5.75 Å². The maximum absolute atomic E-state index is 11.6. The first-order valence-electron chi connectivity index (χ1n) is 6.06. The molecule has 0 heterocycles. The number of carbonyl (C=O) groups is 3. The van der Waals surface area contributed by atoms with Gasteiger partial charge < -0.3 is 15.2 Å². The van der Waals surface area contributed by atoms with Crippen molar-refractivity contribution in [3.8, 4) is 5.75 Å². The smallest absolute Gasteiger partial charge is 0.331 e. The van der Waals surface area contributed by atoms with Crippen molar-refractivity contribution in [3.63, 3.8) is 0 Å². The van der Waals surface area contributed by atoms with Gasteiger partial charge in [0.05, 0.1) is 7.11 Å². The predicted molar refractivity (Wildman–Crippen MR) is 75.3 cm³/mol. The molecule has 1 aromatic rings. The van der Waals surface area contributed by atoms with Gasteiger partial charge in [-0.05, 0) is 19.1 Å². The molecule has 0 fully saturated rings. The molecule has 7 heteroatoms. The third-order valence-electron chi connectivity index (χ3n) is 2.45. The predicted octanol–water partition coefficient (Wildman–Crippen LogP) is 0.835. The van der Waals surface area contributed by atoms with E-state index in [0.29, 0.717) is 11.3 Å². The van der Waals surface area contributed by atoms with Crippen LogP contribution in [0.25, 0.3) is 6.08 Å². The van der Waals surface area contributed by atoms with E-state index in [1.807, 2.05) is 5.32 Å². The summed E-state index contributed by atoms with van der Waals surface area (Å²) in [7, 11) is 1.52. The summed E-state index contributed by atoms with van der Waals surface area (Å²) in [5.41, 5.74) is 5.48. The number of nitrogens with two attached hydrogens (primary N) is 1. The standard InChI is InChI=1S/C14H16N2O5/c1-9(13(18)16-14(15)19)21-12(17)8-7-10-5-3-4-6-11(10)20-2/h3-9H,1-2H3,(H3,15,16,18,19)/b8-7+/t9-/m0/s1. The Hall–Kier alpha value is -2.83. The summed E-state index contributed by atoms with van der Waals surface area (Å²) in [6.07, 6.45) is 1.53. The SMILES string of the molecule is COc1ccccc1/C=C/C(=O)O[C@@H](C)C(=O)NC(N)=O. The van der Waals surface area contributed by atoms with Crippen LogP contribution < -0.4 is 15.8 Å². The van der Waals surface area contributed by atoms with E-state index >= 15 is 0 Å². The van der Waals surface area contributed by atoms with Gasteiger partial charge in [-0.15, -0.1) is 0 Å². The Labute approximate surface area is 121 Å². The number of urea groups is 1. The molecule has 0 aliphatic carbocycles. The van der Waals surface area contributed by atoms with Gasteiger partial charge in [0.2, 0.25) is 0 Å². The minimum atomic E-state index is -1.13. The second kappa shape index (κ2) is 7.68. The number of esters is 1. The zero-order valence-electron chi connectivity index (χ0n) is 11.7. The molecule has 1 aromatic carbocycles. The number of amides is 3. The largest absolute Gasteiger partial charge is 0.496 e. The highest BCUT2D eigenvalue weighted by atomic mass is 16.5. The van der Waals surface area contributed by atoms with Gasteiger partial charge in [-0.3, -0.25) is 10.1 Å². The van der Waals surface area contributed by atoms with E-state index in [2.05, 4.69) is 0 Å². The lowest BCUT2D eigenvalue weighted by Crippen LogP contribution is -2.42. The molecule has 0 aromatic heterocycles. The van der Waals surface area contributed by atoms with Crippen LogP contribution in [0.1, 0.15) is 12.5 Å². The summed E-state index contributed by atoms with van der Waals surface area (Å²) in [5, 5.41) is 1.82. The molecule has 0 radical (unpaired) electrons. The number of rotatable bonds is 5. The molecule has 0 spiro atoms. The Morgan fingerprint density at radius 1 is 1.29 bits per heavy atom. The van der Waals surface area contributed by atoms with Gasteiger partial charge in [0, 0.05) is 11.6 Å². The summed E-state index contributed by atoms with van der Waals surface area (Å²) in [6.45, 7) is 1.33. The molecule has 0 aliphatic heterocycles. The van der Waals surface area contributed by atoms with E-state index in [4.69, 9.17) is 15.2 Å². The highest BCUT2D eigenvalue weighted by molar-refractivity contribution is 5.97. The quantitative estimate of drug-likeness (QED) is 0.617. The second-order valence-corrected chi connectivity index (χ2v) is 4.01. The first kappa shape index (κ1) is 16.2. The lowest BCUT2D eigenvalue weighted by Gasteiger charge is -2.10. The molecule has 0 saturated carbocycles. The van der Waals surface area contributed by atoms with Crippen LogP contribution in [0.15, 0.2) is 30.3 Å². The van der Waals surface area contributed by atoms with Crippen molar-refractivity contribution in [2.24, 2.45) is 5.73 Å². The molecule has 3 amide bonds. The molecule has 0 unspecified atom stereocenters. The third kappa shape index (κ3) is 5.35. The fourth-order valence-electron chi connectivity index (χ4n) is 1.45. The van der Waals surface area contributed by atoms with Gasteiger partial charge >= 0.3 is 12.0 Å². The highest BCUT2D eigenvalue weighted by Gasteiger charge is 2.17. The Balaban J connectivity index is 2.63. The number of hydrogen-bond donors (Lipinski definition) is 2. The van der Waals surface area contributed by atoms with E-state index in [-0.39, 0.29) is 0 Å². The van der Waals surface area contributed by atoms with Crippen LogP contribution in [0, 0.1) is 0 Å². The van der Waals surface area contributed by atoms with Gasteiger partial charge in [0.15, 0.2) is 6.10 Å². The van der Waals surface area contributed by atoms with Crippen LogP contribution >= 0.6 is 0 Å². The number of para-hydroxylation sites is 1. The maximum atomic E-state index is 11.6. The number of primary amides is 1. The molecule has 1 rings (SSSR count). The molecule has 1 atom stereocenters. The number of benzene rings is 1. The molecule has 7 nitrogen and oxygen atoms in total. The summed E-state index contributed by atoms with van der Waals surface area (Å²) < 4.78 is 9.94. The van der Waals surface area contributed by atoms with Crippen molar-refractivity contribution in [1.29, 1.82) is 0 Å². The third-order valence-corrected chi connectivity index (χ3v) is 2.45. The molecular formula is C14H16N2O5. The zero-order valence-corrected chi connectivity index (χ0v) is 11.7. The van der Waals surface area contributed by atoms with E-state index in [1.54, 1.807) is 24.3 Å². The molecular weight excluding hydrogens is 276 g/mol. The zero-order chi connectivity index (χ0) is 15.8. The normalized spacial score (nSPS) is 11.7. The summed E-state index contributed by atoms with van der Waals surface area (Å²) in [5.74, 6) is -0.921. The van der Waals surface area contributed by atoms with Gasteiger partial charge in [-0.1, -0.05) is 18.2 Å². The fourth-order valence-corrected chi connectivity index (χ4v) is 1.45. The highest BCUT2D eigenvalue weighted by Crippen LogP contribution is 2.18. The minimum absolute atomic E-state index is 0.598. The van der Waals surface area contributed by atoms with Crippen molar-refractivity contribution in [2.75, 3.05) is 7.11 Å². The van der Waals surface area contributed by atoms with Crippen molar-refractivity contribution in [1.82, 2.24) is 5.32 Å². The van der Waals surface area contributed by atoms with Crippen LogP contribution in [-0.2, 0) is 14.3 Å². The van der Waals surface area contributed by atoms with Crippen molar-refractivity contribution < 1.29 is 23.9 Å². The van der Waals surface area contributed by atoms with Gasteiger partial charge in [-0.25, -0.2) is 9.59 Å². The topological polar surface area (TPSA) is 108 Å². The van der Waals surface area contributed by atoms with Crippen LogP contribution in [0.5, 0.6) is 5.75 Å². The first-order valence-corrected chi connectivity index (χ1v) is 6.06.